The second-order valence-electron chi connectivity index (χ2n) is 7.17. The van der Waals surface area contributed by atoms with E-state index in [2.05, 4.69) is 6.92 Å². The van der Waals surface area contributed by atoms with Crippen LogP contribution in [-0.4, -0.2) is 29.3 Å². The molecule has 0 saturated carbocycles. The van der Waals surface area contributed by atoms with Crippen LogP contribution in [0.4, 0.5) is 0 Å². The molecule has 0 aliphatic rings. The largest absolute Gasteiger partial charge is 0.378 e. The van der Waals surface area contributed by atoms with Crippen molar-refractivity contribution in [2.75, 3.05) is 6.61 Å². The quantitative estimate of drug-likeness (QED) is 0.375. The highest BCUT2D eigenvalue weighted by atomic mass is 16.5. The molecule has 0 aromatic rings. The van der Waals surface area contributed by atoms with Crippen LogP contribution in [-0.2, 0) is 9.53 Å². The standard InChI is InChI=1S/C20H41NO3/c1-4-6-7-8-9-10-11-12-13-14-15-16-17-24-18(5-2)20(3,23)19(21)22/h18,23H,4-17H2,1-3H3,(H2,21,22). The van der Waals surface area contributed by atoms with Gasteiger partial charge in [0.2, 0.25) is 0 Å². The lowest BCUT2D eigenvalue weighted by Crippen LogP contribution is -2.51. The van der Waals surface area contributed by atoms with Gasteiger partial charge in [0.15, 0.2) is 5.60 Å². The summed E-state index contributed by atoms with van der Waals surface area (Å²) in [6.07, 6.45) is 15.7. The van der Waals surface area contributed by atoms with Crippen LogP contribution < -0.4 is 5.73 Å². The van der Waals surface area contributed by atoms with Crippen molar-refractivity contribution < 1.29 is 14.6 Å². The zero-order valence-electron chi connectivity index (χ0n) is 16.3. The van der Waals surface area contributed by atoms with Gasteiger partial charge in [0.05, 0.1) is 6.10 Å². The van der Waals surface area contributed by atoms with Crippen LogP contribution in [0.25, 0.3) is 0 Å². The van der Waals surface area contributed by atoms with Crippen molar-refractivity contribution >= 4 is 5.91 Å². The first-order valence-corrected chi connectivity index (χ1v) is 10.1. The first kappa shape index (κ1) is 23.4. The first-order chi connectivity index (χ1) is 11.5. The van der Waals surface area contributed by atoms with Gasteiger partial charge in [-0.05, 0) is 19.8 Å². The number of carbonyl (C=O) groups excluding carboxylic acids is 1. The lowest BCUT2D eigenvalue weighted by molar-refractivity contribution is -0.153. The van der Waals surface area contributed by atoms with Crippen molar-refractivity contribution in [3.8, 4) is 0 Å². The summed E-state index contributed by atoms with van der Waals surface area (Å²) < 4.78 is 5.66. The van der Waals surface area contributed by atoms with E-state index in [1.165, 1.54) is 71.1 Å². The van der Waals surface area contributed by atoms with Gasteiger partial charge in [-0.3, -0.25) is 4.79 Å². The van der Waals surface area contributed by atoms with Crippen molar-refractivity contribution in [2.45, 2.75) is 116 Å². The van der Waals surface area contributed by atoms with Gasteiger partial charge < -0.3 is 15.6 Å². The summed E-state index contributed by atoms with van der Waals surface area (Å²) in [6.45, 7) is 6.17. The van der Waals surface area contributed by atoms with Gasteiger partial charge in [0, 0.05) is 6.61 Å². The molecule has 0 aromatic heterocycles. The highest BCUT2D eigenvalue weighted by Crippen LogP contribution is 2.17. The van der Waals surface area contributed by atoms with E-state index < -0.39 is 17.6 Å². The summed E-state index contributed by atoms with van der Waals surface area (Å²) >= 11 is 0. The molecule has 2 atom stereocenters. The molecule has 24 heavy (non-hydrogen) atoms. The van der Waals surface area contributed by atoms with Gasteiger partial charge in [-0.25, -0.2) is 0 Å². The predicted octanol–water partition coefficient (Wildman–Crippen LogP) is 4.72. The molecule has 1 amide bonds. The third kappa shape index (κ3) is 11.0. The number of amides is 1. The van der Waals surface area contributed by atoms with Gasteiger partial charge in [-0.2, -0.15) is 0 Å². The number of unbranched alkanes of at least 4 members (excludes halogenated alkanes) is 11. The number of hydrogen-bond donors (Lipinski definition) is 2. The summed E-state index contributed by atoms with van der Waals surface area (Å²) in [7, 11) is 0. The van der Waals surface area contributed by atoms with E-state index >= 15 is 0 Å². The highest BCUT2D eigenvalue weighted by Gasteiger charge is 2.37. The SMILES string of the molecule is CCCCCCCCCCCCCCOC(CC)C(C)(O)C(N)=O. The predicted molar refractivity (Wildman–Crippen MR) is 101 cm³/mol. The number of primary amides is 1. The minimum absolute atomic E-state index is 0.511. The van der Waals surface area contributed by atoms with Gasteiger partial charge in [0.1, 0.15) is 0 Å². The van der Waals surface area contributed by atoms with Gasteiger partial charge >= 0.3 is 0 Å². The maximum Gasteiger partial charge on any atom is 0.251 e. The Labute approximate surface area is 149 Å². The Morgan fingerprint density at radius 1 is 0.917 bits per heavy atom. The Bertz CT molecular complexity index is 305. The molecular weight excluding hydrogens is 302 g/mol. The van der Waals surface area contributed by atoms with E-state index in [0.29, 0.717) is 13.0 Å². The number of hydrogen-bond acceptors (Lipinski definition) is 3. The Morgan fingerprint density at radius 2 is 1.33 bits per heavy atom. The van der Waals surface area contributed by atoms with Gasteiger partial charge in [-0.15, -0.1) is 0 Å². The molecule has 2 unspecified atom stereocenters. The highest BCUT2D eigenvalue weighted by molar-refractivity contribution is 5.83. The van der Waals surface area contributed by atoms with Crippen LogP contribution in [0.2, 0.25) is 0 Å². The minimum atomic E-state index is -1.58. The number of ether oxygens (including phenoxy) is 1. The first-order valence-electron chi connectivity index (χ1n) is 10.1. The lowest BCUT2D eigenvalue weighted by Gasteiger charge is -2.29. The molecule has 0 radical (unpaired) electrons. The molecule has 0 aliphatic heterocycles. The summed E-state index contributed by atoms with van der Waals surface area (Å²) in [5.74, 6) is -0.718. The summed E-state index contributed by atoms with van der Waals surface area (Å²) in [5, 5.41) is 10.0. The molecule has 144 valence electrons. The molecule has 3 N–H and O–H groups in total. The van der Waals surface area contributed by atoms with Crippen molar-refractivity contribution in [3.05, 3.63) is 0 Å². The lowest BCUT2D eigenvalue weighted by atomic mass is 9.96. The Kier molecular flexibility index (Phi) is 14.3. The van der Waals surface area contributed by atoms with Crippen molar-refractivity contribution in [1.29, 1.82) is 0 Å². The van der Waals surface area contributed by atoms with E-state index in [-0.39, 0.29) is 0 Å². The van der Waals surface area contributed by atoms with Crippen molar-refractivity contribution in [3.63, 3.8) is 0 Å². The third-order valence-corrected chi connectivity index (χ3v) is 4.81. The number of rotatable bonds is 17. The smallest absolute Gasteiger partial charge is 0.251 e. The summed E-state index contributed by atoms with van der Waals surface area (Å²) in [4.78, 5) is 11.2. The summed E-state index contributed by atoms with van der Waals surface area (Å²) in [5.41, 5.74) is 3.64. The van der Waals surface area contributed by atoms with E-state index in [4.69, 9.17) is 10.5 Å². The number of nitrogens with two attached hydrogens (primary N) is 1. The fourth-order valence-electron chi connectivity index (χ4n) is 3.00. The molecule has 4 nitrogen and oxygen atoms in total. The molecular formula is C20H41NO3. The zero-order valence-corrected chi connectivity index (χ0v) is 16.3. The average molecular weight is 344 g/mol. The maximum atomic E-state index is 11.2. The van der Waals surface area contributed by atoms with Crippen LogP contribution in [0.15, 0.2) is 0 Å². The third-order valence-electron chi connectivity index (χ3n) is 4.81. The number of carbonyl (C=O) groups is 1. The van der Waals surface area contributed by atoms with Crippen molar-refractivity contribution in [2.24, 2.45) is 5.73 Å². The topological polar surface area (TPSA) is 72.6 Å². The second-order valence-corrected chi connectivity index (χ2v) is 7.17. The van der Waals surface area contributed by atoms with Gasteiger partial charge in [-0.1, -0.05) is 84.5 Å². The second kappa shape index (κ2) is 14.7. The molecule has 0 aromatic carbocycles. The van der Waals surface area contributed by atoms with Gasteiger partial charge in [0.25, 0.3) is 5.91 Å². The monoisotopic (exact) mass is 343 g/mol. The van der Waals surface area contributed by atoms with Crippen molar-refractivity contribution in [1.82, 2.24) is 0 Å². The summed E-state index contributed by atoms with van der Waals surface area (Å²) in [6, 6.07) is 0. The Hall–Kier alpha value is -0.610. The van der Waals surface area contributed by atoms with E-state index in [9.17, 15) is 9.90 Å². The number of aliphatic hydroxyl groups is 1. The van der Waals surface area contributed by atoms with Crippen LogP contribution >= 0.6 is 0 Å². The van der Waals surface area contributed by atoms with E-state index in [0.717, 1.165) is 12.8 Å². The van der Waals surface area contributed by atoms with E-state index in [1.807, 2.05) is 6.92 Å². The van der Waals surface area contributed by atoms with Crippen LogP contribution in [0.1, 0.15) is 104 Å². The normalized spacial score (nSPS) is 15.2. The molecule has 0 aliphatic carbocycles. The molecule has 0 heterocycles. The fourth-order valence-corrected chi connectivity index (χ4v) is 3.00. The van der Waals surface area contributed by atoms with Crippen LogP contribution in [0.3, 0.4) is 0 Å². The Balaban J connectivity index is 3.46. The Morgan fingerprint density at radius 3 is 1.71 bits per heavy atom. The minimum Gasteiger partial charge on any atom is -0.378 e. The maximum absolute atomic E-state index is 11.2. The molecule has 0 fully saturated rings. The molecule has 0 spiro atoms. The zero-order chi connectivity index (χ0) is 18.3. The molecule has 0 bridgehead atoms. The van der Waals surface area contributed by atoms with Crippen LogP contribution in [0, 0.1) is 0 Å². The average Bonchev–Trinajstić information content (AvgIpc) is 2.55. The molecule has 0 rings (SSSR count). The molecule has 4 heteroatoms. The fraction of sp³-hybridized carbons (Fsp3) is 0.950. The van der Waals surface area contributed by atoms with Crippen LogP contribution in [0.5, 0.6) is 0 Å². The molecule has 0 saturated heterocycles. The van der Waals surface area contributed by atoms with E-state index in [1.54, 1.807) is 0 Å².